The van der Waals surface area contributed by atoms with Gasteiger partial charge in [0.2, 0.25) is 0 Å². The van der Waals surface area contributed by atoms with Gasteiger partial charge in [-0.25, -0.2) is 0 Å². The van der Waals surface area contributed by atoms with E-state index < -0.39 is 21.0 Å². The highest BCUT2D eigenvalue weighted by molar-refractivity contribution is 7.59. The minimum atomic E-state index is -0.602. The van der Waals surface area contributed by atoms with Crippen LogP contribution in [0.15, 0.2) is 48.5 Å². The van der Waals surface area contributed by atoms with Gasteiger partial charge in [0.15, 0.2) is 0 Å². The summed E-state index contributed by atoms with van der Waals surface area (Å²) in [7, 11) is 0. The van der Waals surface area contributed by atoms with Crippen LogP contribution >= 0.6 is 59.9 Å². The van der Waals surface area contributed by atoms with Crippen molar-refractivity contribution in [3.63, 3.8) is 0 Å². The Balaban J connectivity index is 0.000000443. The Bertz CT molecular complexity index is 682. The fraction of sp³-hybridized carbons (Fsp3) is 0. The lowest BCUT2D eigenvalue weighted by Crippen LogP contribution is -1.93. The van der Waals surface area contributed by atoms with E-state index in [1.165, 1.54) is 36.4 Å². The third kappa shape index (κ3) is 8.03. The highest BCUT2D eigenvalue weighted by Gasteiger charge is 2.06. The van der Waals surface area contributed by atoms with Crippen LogP contribution in [-0.2, 0) is 0 Å². The zero-order valence-electron chi connectivity index (χ0n) is 12.3. The number of carbonyl (C=O) groups excluding carboxylic acids is 4. The molecule has 25 heavy (non-hydrogen) atoms. The summed E-state index contributed by atoms with van der Waals surface area (Å²) >= 11 is 20.7. The predicted molar refractivity (Wildman–Crippen MR) is 104 cm³/mol. The molecule has 0 saturated heterocycles. The largest absolute Gasteiger partial charge is 0.276 e. The van der Waals surface area contributed by atoms with Crippen LogP contribution in [0.25, 0.3) is 0 Å². The van der Waals surface area contributed by atoms with Crippen LogP contribution in [0.2, 0.25) is 0 Å². The normalized spacial score (nSPS) is 9.12. The smallest absolute Gasteiger partial charge is 0.252 e. The molecular formula is C16H10Cl4O4S. The summed E-state index contributed by atoms with van der Waals surface area (Å²) in [6.07, 6.45) is 0. The van der Waals surface area contributed by atoms with Crippen molar-refractivity contribution in [3.8, 4) is 0 Å². The summed E-state index contributed by atoms with van der Waals surface area (Å²) in [5.74, 6) is 0. The van der Waals surface area contributed by atoms with Gasteiger partial charge in [0.1, 0.15) is 0 Å². The third-order valence-corrected chi connectivity index (χ3v) is 3.51. The van der Waals surface area contributed by atoms with Crippen LogP contribution in [0.5, 0.6) is 0 Å². The van der Waals surface area contributed by atoms with Crippen molar-refractivity contribution in [3.05, 3.63) is 70.8 Å². The zero-order chi connectivity index (χ0) is 18.3. The van der Waals surface area contributed by atoms with Gasteiger partial charge in [0, 0.05) is 22.3 Å². The maximum atomic E-state index is 10.6. The molecule has 0 aliphatic rings. The molecule has 2 aromatic carbocycles. The van der Waals surface area contributed by atoms with Crippen molar-refractivity contribution in [1.29, 1.82) is 0 Å². The molecule has 0 aliphatic heterocycles. The molecule has 0 heterocycles. The van der Waals surface area contributed by atoms with Gasteiger partial charge in [-0.05, 0) is 58.5 Å². The lowest BCUT2D eigenvalue weighted by molar-refractivity contribution is 0.106. The number of carbonyl (C=O) groups is 4. The van der Waals surface area contributed by atoms with Crippen LogP contribution < -0.4 is 0 Å². The molecule has 0 saturated carbocycles. The van der Waals surface area contributed by atoms with Crippen molar-refractivity contribution >= 4 is 80.9 Å². The molecule has 9 heteroatoms. The quantitative estimate of drug-likeness (QED) is 0.628. The molecule has 0 bridgehead atoms. The SMILES string of the molecule is O=C(Cl)c1cccc(C(=O)Cl)c1.O=C(Cl)c1cccc(C(=O)Cl)c1.S. The zero-order valence-corrected chi connectivity index (χ0v) is 16.3. The van der Waals surface area contributed by atoms with E-state index in [1.807, 2.05) is 0 Å². The average Bonchev–Trinajstić information content (AvgIpc) is 2.55. The van der Waals surface area contributed by atoms with Crippen LogP contribution in [0.1, 0.15) is 41.4 Å². The summed E-state index contributed by atoms with van der Waals surface area (Å²) in [5, 5.41) is -2.41. The number of rotatable bonds is 4. The Kier molecular flexibility index (Phi) is 10.7. The molecule has 0 aliphatic carbocycles. The minimum absolute atomic E-state index is 0. The van der Waals surface area contributed by atoms with Gasteiger partial charge in [-0.2, -0.15) is 13.5 Å². The lowest BCUT2D eigenvalue weighted by atomic mass is 10.1. The second kappa shape index (κ2) is 11.3. The minimum Gasteiger partial charge on any atom is -0.276 e. The van der Waals surface area contributed by atoms with E-state index in [1.54, 1.807) is 12.1 Å². The molecule has 0 amide bonds. The average molecular weight is 440 g/mol. The molecule has 0 fully saturated rings. The summed E-state index contributed by atoms with van der Waals surface area (Å²) in [6.45, 7) is 0. The predicted octanol–water partition coefficient (Wildman–Crippen LogP) is 5.00. The maximum Gasteiger partial charge on any atom is 0.252 e. The van der Waals surface area contributed by atoms with Gasteiger partial charge in [-0.15, -0.1) is 0 Å². The van der Waals surface area contributed by atoms with E-state index in [4.69, 9.17) is 46.4 Å². The highest BCUT2D eigenvalue weighted by Crippen LogP contribution is 2.10. The fourth-order valence-electron chi connectivity index (χ4n) is 1.53. The van der Waals surface area contributed by atoms with Gasteiger partial charge in [0.25, 0.3) is 21.0 Å². The first kappa shape index (κ1) is 23.6. The standard InChI is InChI=1S/2C8H4Cl2O2.H2S/c2*9-7(11)5-2-1-3-6(4-5)8(10)12;/h2*1-4H;1H2. The van der Waals surface area contributed by atoms with E-state index in [-0.39, 0.29) is 35.7 Å². The maximum absolute atomic E-state index is 10.6. The second-order valence-electron chi connectivity index (χ2n) is 4.26. The Morgan fingerprint density at radius 3 is 0.880 bits per heavy atom. The molecule has 0 aromatic heterocycles. The van der Waals surface area contributed by atoms with Crippen LogP contribution in [-0.4, -0.2) is 21.0 Å². The Morgan fingerprint density at radius 2 is 0.720 bits per heavy atom. The van der Waals surface area contributed by atoms with Gasteiger partial charge in [-0.3, -0.25) is 19.2 Å². The Hall–Kier alpha value is -1.37. The number of benzene rings is 2. The molecule has 132 valence electrons. The Labute approximate surface area is 170 Å². The molecule has 4 nitrogen and oxygen atoms in total. The molecule has 0 N–H and O–H groups in total. The second-order valence-corrected chi connectivity index (χ2v) is 5.63. The van der Waals surface area contributed by atoms with Gasteiger partial charge in [-0.1, -0.05) is 36.4 Å². The van der Waals surface area contributed by atoms with E-state index in [9.17, 15) is 19.2 Å². The summed E-state index contributed by atoms with van der Waals surface area (Å²) in [4.78, 5) is 42.5. The van der Waals surface area contributed by atoms with Crippen molar-refractivity contribution in [2.75, 3.05) is 0 Å². The first-order chi connectivity index (χ1) is 11.2. The van der Waals surface area contributed by atoms with E-state index in [2.05, 4.69) is 0 Å². The molecule has 0 radical (unpaired) electrons. The van der Waals surface area contributed by atoms with Gasteiger partial charge >= 0.3 is 0 Å². The molecule has 2 rings (SSSR count). The van der Waals surface area contributed by atoms with Crippen molar-refractivity contribution < 1.29 is 19.2 Å². The van der Waals surface area contributed by atoms with Crippen LogP contribution in [0, 0.1) is 0 Å². The molecular weight excluding hydrogens is 430 g/mol. The monoisotopic (exact) mass is 438 g/mol. The first-order valence-corrected chi connectivity index (χ1v) is 7.73. The van der Waals surface area contributed by atoms with Gasteiger partial charge < -0.3 is 0 Å². The Morgan fingerprint density at radius 1 is 0.520 bits per heavy atom. The molecule has 2 aromatic rings. The number of halogens is 4. The van der Waals surface area contributed by atoms with Crippen molar-refractivity contribution in [2.45, 2.75) is 0 Å². The van der Waals surface area contributed by atoms with Crippen molar-refractivity contribution in [1.82, 2.24) is 0 Å². The molecule has 0 spiro atoms. The number of hydrogen-bond donors (Lipinski definition) is 0. The first-order valence-electron chi connectivity index (χ1n) is 6.22. The molecule has 0 atom stereocenters. The lowest BCUT2D eigenvalue weighted by Gasteiger charge is -1.95. The van der Waals surface area contributed by atoms with E-state index in [0.717, 1.165) is 0 Å². The summed E-state index contributed by atoms with van der Waals surface area (Å²) in [6, 6.07) is 11.8. The summed E-state index contributed by atoms with van der Waals surface area (Å²) in [5.41, 5.74) is 1.07. The van der Waals surface area contributed by atoms with E-state index in [0.29, 0.717) is 0 Å². The fourth-order valence-corrected chi connectivity index (χ4v) is 2.00. The van der Waals surface area contributed by atoms with Crippen LogP contribution in [0.4, 0.5) is 0 Å². The third-order valence-electron chi connectivity index (χ3n) is 2.63. The van der Waals surface area contributed by atoms with Crippen molar-refractivity contribution in [2.24, 2.45) is 0 Å². The van der Waals surface area contributed by atoms with Gasteiger partial charge in [0.05, 0.1) is 0 Å². The molecule has 0 unspecified atom stereocenters. The topological polar surface area (TPSA) is 68.3 Å². The highest BCUT2D eigenvalue weighted by atomic mass is 35.5. The number of hydrogen-bond acceptors (Lipinski definition) is 4. The van der Waals surface area contributed by atoms with E-state index >= 15 is 0 Å². The van der Waals surface area contributed by atoms with Crippen LogP contribution in [0.3, 0.4) is 0 Å². The summed E-state index contributed by atoms with van der Waals surface area (Å²) < 4.78 is 0.